The zero-order valence-corrected chi connectivity index (χ0v) is 11.8. The summed E-state index contributed by atoms with van der Waals surface area (Å²) in [5.41, 5.74) is 1.58. The lowest BCUT2D eigenvalue weighted by Crippen LogP contribution is -2.17. The number of ether oxygens (including phenoxy) is 1. The summed E-state index contributed by atoms with van der Waals surface area (Å²) >= 11 is 0. The van der Waals surface area contributed by atoms with E-state index in [1.165, 1.54) is 0 Å². The zero-order valence-electron chi connectivity index (χ0n) is 11.8. The van der Waals surface area contributed by atoms with Gasteiger partial charge in [0.25, 0.3) is 0 Å². The Balaban J connectivity index is 1.99. The van der Waals surface area contributed by atoms with E-state index >= 15 is 0 Å². The van der Waals surface area contributed by atoms with Crippen molar-refractivity contribution >= 4 is 5.97 Å². The van der Waals surface area contributed by atoms with E-state index in [4.69, 9.17) is 4.74 Å². The molecule has 1 saturated carbocycles. The molecule has 1 N–H and O–H groups in total. The molecule has 2 aromatic rings. The van der Waals surface area contributed by atoms with Crippen LogP contribution < -0.4 is 4.74 Å². The monoisotopic (exact) mass is 287 g/mol. The number of carbonyl (C=O) groups is 1. The molecule has 3 rings (SSSR count). The van der Waals surface area contributed by atoms with E-state index in [0.29, 0.717) is 12.3 Å². The van der Waals surface area contributed by atoms with Crippen molar-refractivity contribution in [3.05, 3.63) is 35.7 Å². The standard InChI is InChI=1S/C15H17N3O3/c1-2-21-12-8-6-11(7-9-12)18-14(10-4-3-5-10)13(15(19)20)16-17-18/h6-10H,2-5H2,1H3,(H,19,20). The minimum absolute atomic E-state index is 0.0635. The third-order valence-electron chi connectivity index (χ3n) is 3.79. The van der Waals surface area contributed by atoms with Crippen molar-refractivity contribution in [1.82, 2.24) is 15.0 Å². The van der Waals surface area contributed by atoms with E-state index in [-0.39, 0.29) is 11.6 Å². The molecule has 6 heteroatoms. The van der Waals surface area contributed by atoms with Crippen molar-refractivity contribution in [2.75, 3.05) is 6.61 Å². The molecule has 0 unspecified atom stereocenters. The van der Waals surface area contributed by atoms with E-state index in [1.54, 1.807) is 4.68 Å². The number of aromatic carboxylic acids is 1. The van der Waals surface area contributed by atoms with Crippen LogP contribution >= 0.6 is 0 Å². The number of carboxylic acid groups (broad SMARTS) is 1. The second-order valence-electron chi connectivity index (χ2n) is 5.09. The van der Waals surface area contributed by atoms with Crippen LogP contribution in [-0.4, -0.2) is 32.7 Å². The Morgan fingerprint density at radius 3 is 2.62 bits per heavy atom. The summed E-state index contributed by atoms with van der Waals surface area (Å²) in [5.74, 6) is -0.00299. The predicted octanol–water partition coefficient (Wildman–Crippen LogP) is 2.63. The van der Waals surface area contributed by atoms with Gasteiger partial charge in [-0.3, -0.25) is 0 Å². The van der Waals surface area contributed by atoms with Crippen molar-refractivity contribution in [1.29, 1.82) is 0 Å². The molecule has 6 nitrogen and oxygen atoms in total. The quantitative estimate of drug-likeness (QED) is 0.914. The third kappa shape index (κ3) is 2.49. The number of hydrogen-bond donors (Lipinski definition) is 1. The molecule has 110 valence electrons. The molecular formula is C15H17N3O3. The maximum Gasteiger partial charge on any atom is 0.358 e. The van der Waals surface area contributed by atoms with Gasteiger partial charge in [0, 0.05) is 5.92 Å². The van der Waals surface area contributed by atoms with Gasteiger partial charge in [0.05, 0.1) is 18.0 Å². The first kappa shape index (κ1) is 13.6. The maximum absolute atomic E-state index is 11.3. The molecule has 1 heterocycles. The first-order valence-electron chi connectivity index (χ1n) is 7.12. The molecule has 0 aliphatic heterocycles. The fraction of sp³-hybridized carbons (Fsp3) is 0.400. The summed E-state index contributed by atoms with van der Waals surface area (Å²) in [6.45, 7) is 2.54. The summed E-state index contributed by atoms with van der Waals surface area (Å²) in [6, 6.07) is 7.44. The fourth-order valence-corrected chi connectivity index (χ4v) is 2.53. The molecule has 0 bridgehead atoms. The van der Waals surface area contributed by atoms with E-state index in [1.807, 2.05) is 31.2 Å². The van der Waals surface area contributed by atoms with Crippen molar-refractivity contribution in [2.24, 2.45) is 0 Å². The zero-order chi connectivity index (χ0) is 14.8. The van der Waals surface area contributed by atoms with E-state index < -0.39 is 5.97 Å². The topological polar surface area (TPSA) is 77.2 Å². The first-order chi connectivity index (χ1) is 10.2. The van der Waals surface area contributed by atoms with Crippen LogP contribution in [0.2, 0.25) is 0 Å². The molecule has 0 radical (unpaired) electrons. The van der Waals surface area contributed by atoms with Gasteiger partial charge >= 0.3 is 5.97 Å². The molecule has 0 saturated heterocycles. The molecule has 0 spiro atoms. The lowest BCUT2D eigenvalue weighted by atomic mass is 9.82. The van der Waals surface area contributed by atoms with Crippen molar-refractivity contribution in [3.63, 3.8) is 0 Å². The molecule has 0 atom stereocenters. The van der Waals surface area contributed by atoms with Crippen LogP contribution in [0, 0.1) is 0 Å². The van der Waals surface area contributed by atoms with Crippen molar-refractivity contribution < 1.29 is 14.6 Å². The largest absolute Gasteiger partial charge is 0.494 e. The van der Waals surface area contributed by atoms with Crippen LogP contribution in [-0.2, 0) is 0 Å². The number of carboxylic acids is 1. The lowest BCUT2D eigenvalue weighted by molar-refractivity contribution is 0.0687. The normalized spacial score (nSPS) is 14.7. The minimum atomic E-state index is -1.02. The Kier molecular flexibility index (Phi) is 3.60. The first-order valence-corrected chi connectivity index (χ1v) is 7.12. The Labute approximate surface area is 122 Å². The lowest BCUT2D eigenvalue weighted by Gasteiger charge is -2.26. The highest BCUT2D eigenvalue weighted by molar-refractivity contribution is 5.86. The number of hydrogen-bond acceptors (Lipinski definition) is 4. The smallest absolute Gasteiger partial charge is 0.358 e. The van der Waals surface area contributed by atoms with Crippen LogP contribution in [0.25, 0.3) is 5.69 Å². The van der Waals surface area contributed by atoms with Gasteiger partial charge in [-0.15, -0.1) is 5.10 Å². The van der Waals surface area contributed by atoms with Crippen LogP contribution in [0.4, 0.5) is 0 Å². The van der Waals surface area contributed by atoms with Crippen molar-refractivity contribution in [3.8, 4) is 11.4 Å². The number of nitrogens with zero attached hydrogens (tertiary/aromatic N) is 3. The van der Waals surface area contributed by atoms with Gasteiger partial charge < -0.3 is 9.84 Å². The predicted molar refractivity (Wildman–Crippen MR) is 76.1 cm³/mol. The highest BCUT2D eigenvalue weighted by Gasteiger charge is 2.30. The molecular weight excluding hydrogens is 270 g/mol. The molecule has 1 aromatic heterocycles. The second kappa shape index (κ2) is 5.55. The van der Waals surface area contributed by atoms with Crippen LogP contribution in [0.5, 0.6) is 5.75 Å². The number of aromatic nitrogens is 3. The Morgan fingerprint density at radius 1 is 1.38 bits per heavy atom. The average molecular weight is 287 g/mol. The molecule has 0 amide bonds. The Bertz CT molecular complexity index is 645. The summed E-state index contributed by atoms with van der Waals surface area (Å²) in [6.07, 6.45) is 3.10. The third-order valence-corrected chi connectivity index (χ3v) is 3.79. The molecule has 21 heavy (non-hydrogen) atoms. The van der Waals surface area contributed by atoms with Crippen LogP contribution in [0.1, 0.15) is 48.3 Å². The van der Waals surface area contributed by atoms with Gasteiger partial charge in [-0.05, 0) is 44.0 Å². The molecule has 1 aliphatic rings. The Morgan fingerprint density at radius 2 is 2.10 bits per heavy atom. The van der Waals surface area contributed by atoms with Gasteiger partial charge in [-0.25, -0.2) is 9.48 Å². The van der Waals surface area contributed by atoms with E-state index in [9.17, 15) is 9.90 Å². The van der Waals surface area contributed by atoms with Gasteiger partial charge in [0.15, 0.2) is 5.69 Å². The highest BCUT2D eigenvalue weighted by atomic mass is 16.5. The Hall–Kier alpha value is -2.37. The highest BCUT2D eigenvalue weighted by Crippen LogP contribution is 2.38. The van der Waals surface area contributed by atoms with Crippen LogP contribution in [0.15, 0.2) is 24.3 Å². The molecule has 1 aromatic carbocycles. The summed E-state index contributed by atoms with van der Waals surface area (Å²) < 4.78 is 7.05. The second-order valence-corrected chi connectivity index (χ2v) is 5.09. The minimum Gasteiger partial charge on any atom is -0.494 e. The van der Waals surface area contributed by atoms with Crippen molar-refractivity contribution in [2.45, 2.75) is 32.1 Å². The summed E-state index contributed by atoms with van der Waals surface area (Å²) in [5, 5.41) is 17.1. The van der Waals surface area contributed by atoms with Gasteiger partial charge in [0.2, 0.25) is 0 Å². The van der Waals surface area contributed by atoms with Gasteiger partial charge in [0.1, 0.15) is 5.75 Å². The van der Waals surface area contributed by atoms with Crippen LogP contribution in [0.3, 0.4) is 0 Å². The van der Waals surface area contributed by atoms with Gasteiger partial charge in [-0.2, -0.15) is 0 Å². The van der Waals surface area contributed by atoms with Gasteiger partial charge in [-0.1, -0.05) is 11.6 Å². The summed E-state index contributed by atoms with van der Waals surface area (Å²) in [4.78, 5) is 11.3. The van der Waals surface area contributed by atoms with E-state index in [2.05, 4.69) is 10.3 Å². The maximum atomic E-state index is 11.3. The molecule has 1 fully saturated rings. The van der Waals surface area contributed by atoms with E-state index in [0.717, 1.165) is 30.7 Å². The number of benzene rings is 1. The molecule has 1 aliphatic carbocycles. The fourth-order valence-electron chi connectivity index (χ4n) is 2.53. The number of rotatable bonds is 5. The SMILES string of the molecule is CCOc1ccc(-n2nnc(C(=O)O)c2C2CCC2)cc1. The average Bonchev–Trinajstić information content (AvgIpc) is 2.83. The summed E-state index contributed by atoms with van der Waals surface area (Å²) in [7, 11) is 0.